The quantitative estimate of drug-likeness (QED) is 0.104. The highest BCUT2D eigenvalue weighted by molar-refractivity contribution is 4.81. The van der Waals surface area contributed by atoms with Gasteiger partial charge < -0.3 is 0 Å². The van der Waals surface area contributed by atoms with E-state index in [9.17, 15) is 0 Å². The average Bonchev–Trinajstić information content (AvgIpc) is 2.74. The van der Waals surface area contributed by atoms with E-state index in [1.54, 1.807) is 0 Å². The standard InChI is InChI=1S/C29H58/c1-3-5-7-9-11-13-15-17-19-21-23-25-27-29-28-26-24-22-20-18-16-14-12-10-8-6-4-2/h13,15H,3-12,14,16-29H2,1-2H3. The van der Waals surface area contributed by atoms with Gasteiger partial charge in [-0.1, -0.05) is 161 Å². The van der Waals surface area contributed by atoms with Crippen molar-refractivity contribution in [3.63, 3.8) is 0 Å². The molecule has 0 heterocycles. The zero-order chi connectivity index (χ0) is 21.1. The SMILES string of the molecule is CCCCCCC=CCCCCCCCCCCCCCCCCCCCCC. The molecule has 0 radical (unpaired) electrons. The number of hydrogen-bond acceptors (Lipinski definition) is 0. The van der Waals surface area contributed by atoms with E-state index in [0.29, 0.717) is 0 Å². The highest BCUT2D eigenvalue weighted by atomic mass is 14.0. The van der Waals surface area contributed by atoms with Crippen molar-refractivity contribution in [1.82, 2.24) is 0 Å². The molecule has 0 fully saturated rings. The third-order valence-corrected chi connectivity index (χ3v) is 6.37. The van der Waals surface area contributed by atoms with Gasteiger partial charge in [0.15, 0.2) is 0 Å². The first-order chi connectivity index (χ1) is 14.4. The maximum Gasteiger partial charge on any atom is -0.0351 e. The van der Waals surface area contributed by atoms with E-state index < -0.39 is 0 Å². The highest BCUT2D eigenvalue weighted by Gasteiger charge is 1.95. The topological polar surface area (TPSA) is 0 Å². The van der Waals surface area contributed by atoms with Gasteiger partial charge in [0.25, 0.3) is 0 Å². The largest absolute Gasteiger partial charge is 0.0885 e. The van der Waals surface area contributed by atoms with Gasteiger partial charge in [-0.2, -0.15) is 0 Å². The number of rotatable bonds is 25. The van der Waals surface area contributed by atoms with Gasteiger partial charge >= 0.3 is 0 Å². The van der Waals surface area contributed by atoms with Gasteiger partial charge in [0.1, 0.15) is 0 Å². The Morgan fingerprint density at radius 2 is 0.483 bits per heavy atom. The third-order valence-electron chi connectivity index (χ3n) is 6.37. The summed E-state index contributed by atoms with van der Waals surface area (Å²) in [4.78, 5) is 0. The summed E-state index contributed by atoms with van der Waals surface area (Å²) in [5, 5.41) is 0. The molecule has 0 amide bonds. The fourth-order valence-electron chi connectivity index (χ4n) is 4.27. The molecular weight excluding hydrogens is 348 g/mol. The van der Waals surface area contributed by atoms with Crippen LogP contribution in [0, 0.1) is 0 Å². The average molecular weight is 407 g/mol. The lowest BCUT2D eigenvalue weighted by atomic mass is 10.0. The number of hydrogen-bond donors (Lipinski definition) is 0. The van der Waals surface area contributed by atoms with E-state index >= 15 is 0 Å². The second-order valence-electron chi connectivity index (χ2n) is 9.47. The summed E-state index contributed by atoms with van der Waals surface area (Å²) in [7, 11) is 0. The van der Waals surface area contributed by atoms with Crippen molar-refractivity contribution in [1.29, 1.82) is 0 Å². The minimum absolute atomic E-state index is 1.30. The molecule has 0 aliphatic carbocycles. The van der Waals surface area contributed by atoms with Crippen LogP contribution in [0.4, 0.5) is 0 Å². The van der Waals surface area contributed by atoms with Gasteiger partial charge in [0, 0.05) is 0 Å². The van der Waals surface area contributed by atoms with Crippen LogP contribution in [-0.2, 0) is 0 Å². The molecule has 0 aromatic heterocycles. The Labute approximate surface area is 186 Å². The van der Waals surface area contributed by atoms with E-state index in [0.717, 1.165) is 0 Å². The zero-order valence-electron chi connectivity index (χ0n) is 20.8. The molecule has 0 nitrogen and oxygen atoms in total. The zero-order valence-corrected chi connectivity index (χ0v) is 20.8. The molecule has 0 unspecified atom stereocenters. The van der Waals surface area contributed by atoms with Crippen LogP contribution in [0.25, 0.3) is 0 Å². The monoisotopic (exact) mass is 406 g/mol. The number of allylic oxidation sites excluding steroid dienone is 2. The van der Waals surface area contributed by atoms with Crippen LogP contribution >= 0.6 is 0 Å². The van der Waals surface area contributed by atoms with Crippen LogP contribution in [0.1, 0.15) is 174 Å². The fraction of sp³-hybridized carbons (Fsp3) is 0.931. The van der Waals surface area contributed by atoms with Gasteiger partial charge in [0.05, 0.1) is 0 Å². The van der Waals surface area contributed by atoms with Gasteiger partial charge in [-0.05, 0) is 25.7 Å². The van der Waals surface area contributed by atoms with Crippen LogP contribution in [0.5, 0.6) is 0 Å². The predicted octanol–water partition coefficient (Wildman–Crippen LogP) is 11.3. The lowest BCUT2D eigenvalue weighted by Crippen LogP contribution is -1.84. The predicted molar refractivity (Wildman–Crippen MR) is 136 cm³/mol. The molecule has 0 aliphatic heterocycles. The summed E-state index contributed by atoms with van der Waals surface area (Å²) in [6.45, 7) is 4.59. The van der Waals surface area contributed by atoms with Crippen LogP contribution in [0.3, 0.4) is 0 Å². The molecule has 174 valence electrons. The first kappa shape index (κ1) is 28.7. The van der Waals surface area contributed by atoms with Crippen LogP contribution in [0.2, 0.25) is 0 Å². The van der Waals surface area contributed by atoms with Crippen LogP contribution in [0.15, 0.2) is 12.2 Å². The lowest BCUT2D eigenvalue weighted by molar-refractivity contribution is 0.523. The van der Waals surface area contributed by atoms with Crippen molar-refractivity contribution in [3.05, 3.63) is 12.2 Å². The summed E-state index contributed by atoms with van der Waals surface area (Å²) in [6, 6.07) is 0. The van der Waals surface area contributed by atoms with Crippen molar-refractivity contribution < 1.29 is 0 Å². The molecule has 0 saturated heterocycles. The molecule has 0 heteroatoms. The molecule has 0 saturated carbocycles. The van der Waals surface area contributed by atoms with Crippen molar-refractivity contribution >= 4 is 0 Å². The van der Waals surface area contributed by atoms with Gasteiger partial charge in [0.2, 0.25) is 0 Å². The molecule has 0 atom stereocenters. The molecular formula is C29H58. The Morgan fingerprint density at radius 3 is 0.759 bits per heavy atom. The van der Waals surface area contributed by atoms with E-state index in [1.807, 2.05) is 0 Å². The van der Waals surface area contributed by atoms with E-state index in [4.69, 9.17) is 0 Å². The summed E-state index contributed by atoms with van der Waals surface area (Å²) < 4.78 is 0. The summed E-state index contributed by atoms with van der Waals surface area (Å²) in [5.74, 6) is 0. The van der Waals surface area contributed by atoms with Crippen molar-refractivity contribution in [3.8, 4) is 0 Å². The Balaban J connectivity index is 3.02. The summed E-state index contributed by atoms with van der Waals surface area (Å²) in [5.41, 5.74) is 0. The minimum Gasteiger partial charge on any atom is -0.0885 e. The third kappa shape index (κ3) is 27.7. The smallest absolute Gasteiger partial charge is 0.0351 e. The van der Waals surface area contributed by atoms with E-state index in [-0.39, 0.29) is 0 Å². The maximum absolute atomic E-state index is 2.43. The molecule has 29 heavy (non-hydrogen) atoms. The first-order valence-electron chi connectivity index (χ1n) is 14.1. The van der Waals surface area contributed by atoms with Crippen molar-refractivity contribution in [2.75, 3.05) is 0 Å². The van der Waals surface area contributed by atoms with E-state index in [2.05, 4.69) is 26.0 Å². The normalized spacial score (nSPS) is 11.7. The molecule has 0 spiro atoms. The fourth-order valence-corrected chi connectivity index (χ4v) is 4.27. The number of unbranched alkanes of at least 4 members (excludes halogenated alkanes) is 23. The Morgan fingerprint density at radius 1 is 0.276 bits per heavy atom. The molecule has 0 N–H and O–H groups in total. The second kappa shape index (κ2) is 27.7. The molecule has 0 aromatic carbocycles. The molecule has 0 aliphatic rings. The first-order valence-corrected chi connectivity index (χ1v) is 14.1. The molecule has 0 aromatic rings. The highest BCUT2D eigenvalue weighted by Crippen LogP contribution is 2.15. The molecule has 0 rings (SSSR count). The van der Waals surface area contributed by atoms with Gasteiger partial charge in [-0.3, -0.25) is 0 Å². The minimum atomic E-state index is 1.30. The second-order valence-corrected chi connectivity index (χ2v) is 9.47. The lowest BCUT2D eigenvalue weighted by Gasteiger charge is -2.03. The Hall–Kier alpha value is -0.260. The Kier molecular flexibility index (Phi) is 27.5. The summed E-state index contributed by atoms with van der Waals surface area (Å²) >= 11 is 0. The van der Waals surface area contributed by atoms with Gasteiger partial charge in [-0.15, -0.1) is 0 Å². The van der Waals surface area contributed by atoms with Crippen LogP contribution in [-0.4, -0.2) is 0 Å². The Bertz CT molecular complexity index is 290. The van der Waals surface area contributed by atoms with Crippen molar-refractivity contribution in [2.24, 2.45) is 0 Å². The van der Waals surface area contributed by atoms with Gasteiger partial charge in [-0.25, -0.2) is 0 Å². The summed E-state index contributed by atoms with van der Waals surface area (Å²) in [6.07, 6.45) is 40.9. The molecule has 0 bridgehead atoms. The maximum atomic E-state index is 2.43. The van der Waals surface area contributed by atoms with Crippen molar-refractivity contribution in [2.45, 2.75) is 174 Å². The van der Waals surface area contributed by atoms with Crippen LogP contribution < -0.4 is 0 Å². The van der Waals surface area contributed by atoms with E-state index in [1.165, 1.54) is 161 Å².